The second-order valence-electron chi connectivity index (χ2n) is 2.99. The Hall–Kier alpha value is -0.0800. The molecule has 2 heteroatoms. The fourth-order valence-corrected chi connectivity index (χ4v) is 1.61. The molecule has 2 radical (unpaired) electrons. The van der Waals surface area contributed by atoms with E-state index in [1.54, 1.807) is 0 Å². The van der Waals surface area contributed by atoms with Crippen LogP contribution in [-0.2, 0) is 9.47 Å². The van der Waals surface area contributed by atoms with Gasteiger partial charge in [-0.25, -0.2) is 0 Å². The highest BCUT2D eigenvalue weighted by molar-refractivity contribution is 4.82. The summed E-state index contributed by atoms with van der Waals surface area (Å²) in [6.45, 7) is 5.73. The van der Waals surface area contributed by atoms with Gasteiger partial charge in [-0.1, -0.05) is 0 Å². The van der Waals surface area contributed by atoms with E-state index in [1.165, 1.54) is 6.42 Å². The minimum atomic E-state index is 0.558. The summed E-state index contributed by atoms with van der Waals surface area (Å²) < 4.78 is 10.3. The molecule has 2 aliphatic rings. The second kappa shape index (κ2) is 2.89. The predicted octanol–water partition coefficient (Wildman–Crippen LogP) is 1.10. The lowest BCUT2D eigenvalue weighted by atomic mass is 9.91. The van der Waals surface area contributed by atoms with Gasteiger partial charge >= 0.3 is 0 Å². The third kappa shape index (κ3) is 1.18. The van der Waals surface area contributed by atoms with Gasteiger partial charge in [-0.3, -0.25) is 0 Å². The summed E-state index contributed by atoms with van der Waals surface area (Å²) in [5.74, 6) is 1.25. The first-order valence-corrected chi connectivity index (χ1v) is 3.92. The highest BCUT2D eigenvalue weighted by Gasteiger charge is 2.29. The summed E-state index contributed by atoms with van der Waals surface area (Å²) in [4.78, 5) is 0. The average molecular weight is 140 g/mol. The molecule has 2 fully saturated rings. The summed E-state index contributed by atoms with van der Waals surface area (Å²) in [7, 11) is 0. The third-order valence-electron chi connectivity index (χ3n) is 2.30. The van der Waals surface area contributed by atoms with E-state index in [0.717, 1.165) is 26.2 Å². The number of ether oxygens (including phenoxy) is 2. The Kier molecular flexibility index (Phi) is 1.91. The molecule has 0 saturated carbocycles. The van der Waals surface area contributed by atoms with Crippen LogP contribution in [0, 0.1) is 18.4 Å². The van der Waals surface area contributed by atoms with Crippen molar-refractivity contribution in [3.8, 4) is 0 Å². The fraction of sp³-hybridized carbons (Fsp3) is 0.875. The first-order chi connectivity index (χ1) is 4.97. The van der Waals surface area contributed by atoms with E-state index < -0.39 is 0 Å². The maximum atomic E-state index is 5.27. The van der Waals surface area contributed by atoms with Crippen LogP contribution in [0.15, 0.2) is 0 Å². The zero-order valence-electron chi connectivity index (χ0n) is 6.01. The summed E-state index contributed by atoms with van der Waals surface area (Å²) in [5.41, 5.74) is 0. The van der Waals surface area contributed by atoms with Crippen LogP contribution in [0.2, 0.25) is 0 Å². The van der Waals surface area contributed by atoms with Crippen LogP contribution in [0.1, 0.15) is 12.8 Å². The van der Waals surface area contributed by atoms with Gasteiger partial charge in [-0.05, 0) is 18.8 Å². The van der Waals surface area contributed by atoms with Gasteiger partial charge in [0.15, 0.2) is 0 Å². The predicted molar refractivity (Wildman–Crippen MR) is 36.2 cm³/mol. The summed E-state index contributed by atoms with van der Waals surface area (Å²) in [5, 5.41) is 0. The minimum Gasteiger partial charge on any atom is -0.381 e. The highest BCUT2D eigenvalue weighted by Crippen LogP contribution is 2.30. The zero-order chi connectivity index (χ0) is 6.81. The molecule has 0 spiro atoms. The van der Waals surface area contributed by atoms with Gasteiger partial charge in [0.05, 0.1) is 0 Å². The van der Waals surface area contributed by atoms with Gasteiger partial charge in [0, 0.05) is 25.7 Å². The molecule has 0 aromatic rings. The molecule has 0 N–H and O–H groups in total. The molecule has 0 aromatic carbocycles. The van der Waals surface area contributed by atoms with Crippen LogP contribution in [0.4, 0.5) is 0 Å². The summed E-state index contributed by atoms with van der Waals surface area (Å²) in [6, 6.07) is 0. The van der Waals surface area contributed by atoms with E-state index >= 15 is 0 Å². The van der Waals surface area contributed by atoms with Crippen LogP contribution >= 0.6 is 0 Å². The van der Waals surface area contributed by atoms with Crippen LogP contribution < -0.4 is 0 Å². The van der Waals surface area contributed by atoms with E-state index in [4.69, 9.17) is 9.47 Å². The Morgan fingerprint density at radius 3 is 2.80 bits per heavy atom. The van der Waals surface area contributed by atoms with E-state index in [-0.39, 0.29) is 0 Å². The largest absolute Gasteiger partial charge is 0.381 e. The maximum absolute atomic E-state index is 5.27. The zero-order valence-corrected chi connectivity index (χ0v) is 6.01. The van der Waals surface area contributed by atoms with Crippen molar-refractivity contribution in [1.29, 1.82) is 0 Å². The molecule has 2 atom stereocenters. The smallest absolute Gasteiger partial charge is 0.136 e. The molecule has 10 heavy (non-hydrogen) atoms. The molecule has 2 unspecified atom stereocenters. The standard InChI is InChI=1S/C8H12O2/c1-3-9-5-7(1)8-2-4-10-6-8/h7-8H,1-5H2. The number of hydrogen-bond acceptors (Lipinski definition) is 2. The quantitative estimate of drug-likeness (QED) is 0.543. The van der Waals surface area contributed by atoms with E-state index in [9.17, 15) is 0 Å². The average Bonchev–Trinajstić information content (AvgIpc) is 2.59. The lowest BCUT2D eigenvalue weighted by Crippen LogP contribution is -2.11. The van der Waals surface area contributed by atoms with Crippen molar-refractivity contribution in [2.45, 2.75) is 12.8 Å². The number of rotatable bonds is 1. The van der Waals surface area contributed by atoms with E-state index in [1.807, 2.05) is 0 Å². The number of hydrogen-bond donors (Lipinski definition) is 0. The maximum Gasteiger partial charge on any atom is 0.136 e. The third-order valence-corrected chi connectivity index (χ3v) is 2.30. The molecule has 2 heterocycles. The Balaban J connectivity index is 1.85. The highest BCUT2D eigenvalue weighted by atomic mass is 16.5. The molecule has 2 rings (SSSR count). The van der Waals surface area contributed by atoms with E-state index in [2.05, 4.69) is 6.61 Å². The topological polar surface area (TPSA) is 18.5 Å². The van der Waals surface area contributed by atoms with Crippen LogP contribution in [0.3, 0.4) is 0 Å². The fourth-order valence-electron chi connectivity index (χ4n) is 1.61. The Morgan fingerprint density at radius 2 is 2.20 bits per heavy atom. The molecular formula is C8H12O2. The van der Waals surface area contributed by atoms with Crippen molar-refractivity contribution >= 4 is 0 Å². The molecule has 0 aliphatic carbocycles. The van der Waals surface area contributed by atoms with Crippen molar-refractivity contribution in [3.05, 3.63) is 6.61 Å². The first-order valence-electron chi connectivity index (χ1n) is 3.92. The monoisotopic (exact) mass is 140 g/mol. The van der Waals surface area contributed by atoms with Gasteiger partial charge < -0.3 is 9.47 Å². The molecule has 0 aromatic heterocycles. The second-order valence-corrected chi connectivity index (χ2v) is 2.99. The summed E-state index contributed by atoms with van der Waals surface area (Å²) in [6.07, 6.45) is 2.34. The first kappa shape index (κ1) is 6.62. The van der Waals surface area contributed by atoms with Crippen LogP contribution in [-0.4, -0.2) is 19.8 Å². The van der Waals surface area contributed by atoms with Gasteiger partial charge in [0.1, 0.15) is 6.61 Å². The Bertz CT molecular complexity index is 87.8. The molecule has 2 aliphatic heterocycles. The lowest BCUT2D eigenvalue weighted by Gasteiger charge is -2.11. The molecule has 2 nitrogen and oxygen atoms in total. The molecule has 0 bridgehead atoms. The molecule has 56 valence electrons. The van der Waals surface area contributed by atoms with E-state index in [0.29, 0.717) is 11.8 Å². The van der Waals surface area contributed by atoms with Crippen LogP contribution in [0.5, 0.6) is 0 Å². The van der Waals surface area contributed by atoms with Crippen molar-refractivity contribution in [2.75, 3.05) is 19.8 Å². The lowest BCUT2D eigenvalue weighted by molar-refractivity contribution is 0.173. The van der Waals surface area contributed by atoms with Crippen molar-refractivity contribution in [3.63, 3.8) is 0 Å². The van der Waals surface area contributed by atoms with Crippen molar-refractivity contribution < 1.29 is 9.47 Å². The van der Waals surface area contributed by atoms with Gasteiger partial charge in [-0.2, -0.15) is 0 Å². The van der Waals surface area contributed by atoms with Crippen LogP contribution in [0.25, 0.3) is 0 Å². The summed E-state index contributed by atoms with van der Waals surface area (Å²) >= 11 is 0. The molecule has 2 saturated heterocycles. The van der Waals surface area contributed by atoms with Gasteiger partial charge in [0.25, 0.3) is 0 Å². The molecule has 0 amide bonds. The normalized spacial score (nSPS) is 40.8. The Labute approximate surface area is 61.5 Å². The van der Waals surface area contributed by atoms with Gasteiger partial charge in [0.2, 0.25) is 0 Å². The van der Waals surface area contributed by atoms with Gasteiger partial charge in [-0.15, -0.1) is 0 Å². The minimum absolute atomic E-state index is 0.558. The molecular weight excluding hydrogens is 128 g/mol. The Morgan fingerprint density at radius 1 is 1.20 bits per heavy atom. The van der Waals surface area contributed by atoms with Crippen molar-refractivity contribution in [1.82, 2.24) is 0 Å². The SMILES string of the molecule is [C]1OCCC1C1CCOC1. The van der Waals surface area contributed by atoms with Crippen molar-refractivity contribution in [2.24, 2.45) is 11.8 Å².